The average Bonchev–Trinajstić information content (AvgIpc) is 2.29. The van der Waals surface area contributed by atoms with Crippen molar-refractivity contribution >= 4 is 15.9 Å². The van der Waals surface area contributed by atoms with Crippen molar-refractivity contribution in [2.24, 2.45) is 5.73 Å². The lowest BCUT2D eigenvalue weighted by molar-refractivity contribution is 0.1000. The minimum atomic E-state index is -3.22. The fourth-order valence-corrected chi connectivity index (χ4v) is 1.88. The van der Waals surface area contributed by atoms with E-state index < -0.39 is 21.7 Å². The second-order valence-corrected chi connectivity index (χ2v) is 5.85. The van der Waals surface area contributed by atoms with E-state index in [2.05, 4.69) is 10.0 Å². The van der Waals surface area contributed by atoms with Crippen molar-refractivity contribution < 1.29 is 17.6 Å². The lowest BCUT2D eigenvalue weighted by Gasteiger charge is -2.07. The Balaban J connectivity index is 2.49. The standard InChI is InChI=1S/C11H16FN3O3S/c1-19(17,18)15-5-4-14-7-9-6-8(11(13)16)2-3-10(9)12/h2-3,6,14-15H,4-5,7H2,1H3,(H2,13,16). The first-order valence-corrected chi connectivity index (χ1v) is 7.42. The van der Waals surface area contributed by atoms with Crippen molar-refractivity contribution in [2.45, 2.75) is 6.54 Å². The van der Waals surface area contributed by atoms with E-state index in [1.54, 1.807) is 0 Å². The molecule has 0 heterocycles. The molecule has 0 bridgehead atoms. The molecule has 0 aromatic heterocycles. The Morgan fingerprint density at radius 1 is 1.37 bits per heavy atom. The summed E-state index contributed by atoms with van der Waals surface area (Å²) < 4.78 is 37.3. The molecule has 0 radical (unpaired) electrons. The summed E-state index contributed by atoms with van der Waals surface area (Å²) in [6.07, 6.45) is 1.06. The van der Waals surface area contributed by atoms with Crippen molar-refractivity contribution in [3.05, 3.63) is 35.1 Å². The topological polar surface area (TPSA) is 101 Å². The molecule has 0 aliphatic heterocycles. The SMILES string of the molecule is CS(=O)(=O)NCCNCc1cc(C(N)=O)ccc1F. The predicted molar refractivity (Wildman–Crippen MR) is 69.5 cm³/mol. The van der Waals surface area contributed by atoms with E-state index in [0.29, 0.717) is 12.1 Å². The van der Waals surface area contributed by atoms with E-state index in [1.165, 1.54) is 18.2 Å². The fraction of sp³-hybridized carbons (Fsp3) is 0.364. The van der Waals surface area contributed by atoms with Gasteiger partial charge in [-0.05, 0) is 18.2 Å². The highest BCUT2D eigenvalue weighted by Gasteiger charge is 2.07. The number of nitrogens with one attached hydrogen (secondary N) is 2. The Hall–Kier alpha value is -1.51. The molecular weight excluding hydrogens is 273 g/mol. The molecule has 19 heavy (non-hydrogen) atoms. The number of amides is 1. The van der Waals surface area contributed by atoms with Crippen molar-refractivity contribution in [3.8, 4) is 0 Å². The molecule has 0 spiro atoms. The molecule has 1 aromatic rings. The Morgan fingerprint density at radius 2 is 2.05 bits per heavy atom. The van der Waals surface area contributed by atoms with Crippen LogP contribution in [0.4, 0.5) is 4.39 Å². The molecule has 1 aromatic carbocycles. The molecule has 0 saturated carbocycles. The number of carbonyl (C=O) groups excluding carboxylic acids is 1. The monoisotopic (exact) mass is 289 g/mol. The molecule has 0 unspecified atom stereocenters. The minimum Gasteiger partial charge on any atom is -0.366 e. The number of carbonyl (C=O) groups is 1. The van der Waals surface area contributed by atoms with Crippen LogP contribution >= 0.6 is 0 Å². The zero-order valence-electron chi connectivity index (χ0n) is 10.4. The number of nitrogens with two attached hydrogens (primary N) is 1. The van der Waals surface area contributed by atoms with E-state index in [9.17, 15) is 17.6 Å². The van der Waals surface area contributed by atoms with Gasteiger partial charge in [-0.2, -0.15) is 0 Å². The second-order valence-electron chi connectivity index (χ2n) is 4.01. The molecule has 4 N–H and O–H groups in total. The van der Waals surface area contributed by atoms with Crippen LogP contribution in [0.15, 0.2) is 18.2 Å². The highest BCUT2D eigenvalue weighted by atomic mass is 32.2. The summed E-state index contributed by atoms with van der Waals surface area (Å²) in [6.45, 7) is 0.724. The molecule has 6 nitrogen and oxygen atoms in total. The van der Waals surface area contributed by atoms with Crippen LogP contribution in [0, 0.1) is 5.82 Å². The van der Waals surface area contributed by atoms with Gasteiger partial charge in [0.25, 0.3) is 0 Å². The van der Waals surface area contributed by atoms with Gasteiger partial charge >= 0.3 is 0 Å². The second kappa shape index (κ2) is 6.60. The summed E-state index contributed by atoms with van der Waals surface area (Å²) in [4.78, 5) is 11.0. The van der Waals surface area contributed by atoms with Gasteiger partial charge in [-0.15, -0.1) is 0 Å². The molecule has 0 saturated heterocycles. The van der Waals surface area contributed by atoms with Crippen LogP contribution in [0.1, 0.15) is 15.9 Å². The largest absolute Gasteiger partial charge is 0.366 e. The Bertz CT molecular complexity index is 560. The van der Waals surface area contributed by atoms with Crippen molar-refractivity contribution in [2.75, 3.05) is 19.3 Å². The van der Waals surface area contributed by atoms with E-state index in [1.807, 2.05) is 0 Å². The zero-order valence-corrected chi connectivity index (χ0v) is 11.3. The first kappa shape index (κ1) is 15.5. The summed E-state index contributed by atoms with van der Waals surface area (Å²) in [5, 5.41) is 2.86. The van der Waals surface area contributed by atoms with Crippen LogP contribution in [0.3, 0.4) is 0 Å². The third-order valence-corrected chi connectivity index (χ3v) is 3.04. The van der Waals surface area contributed by atoms with Crippen LogP contribution in [-0.2, 0) is 16.6 Å². The fourth-order valence-electron chi connectivity index (χ4n) is 1.41. The quantitative estimate of drug-likeness (QED) is 0.592. The lowest BCUT2D eigenvalue weighted by Crippen LogP contribution is -2.31. The van der Waals surface area contributed by atoms with E-state index in [-0.39, 0.29) is 18.7 Å². The van der Waals surface area contributed by atoms with Crippen molar-refractivity contribution in [1.29, 1.82) is 0 Å². The molecule has 106 valence electrons. The highest BCUT2D eigenvalue weighted by molar-refractivity contribution is 7.88. The average molecular weight is 289 g/mol. The van der Waals surface area contributed by atoms with Crippen LogP contribution in [0.2, 0.25) is 0 Å². The third kappa shape index (κ3) is 5.77. The van der Waals surface area contributed by atoms with E-state index in [0.717, 1.165) is 6.26 Å². The number of hydrogen-bond donors (Lipinski definition) is 3. The van der Waals surface area contributed by atoms with Gasteiger partial charge < -0.3 is 11.1 Å². The Labute approximate surface area is 111 Å². The van der Waals surface area contributed by atoms with Crippen molar-refractivity contribution in [3.63, 3.8) is 0 Å². The number of benzene rings is 1. The molecular formula is C11H16FN3O3S. The number of halogens is 1. The molecule has 0 aliphatic carbocycles. The normalized spacial score (nSPS) is 11.5. The summed E-state index contributed by atoms with van der Waals surface area (Å²) in [5.74, 6) is -1.08. The summed E-state index contributed by atoms with van der Waals surface area (Å²) in [7, 11) is -3.22. The molecule has 0 atom stereocenters. The van der Waals surface area contributed by atoms with Gasteiger partial charge in [0.15, 0.2) is 0 Å². The van der Waals surface area contributed by atoms with Gasteiger partial charge in [-0.1, -0.05) is 0 Å². The molecule has 0 aliphatic rings. The Morgan fingerprint density at radius 3 is 2.63 bits per heavy atom. The van der Waals surface area contributed by atoms with Crippen LogP contribution in [-0.4, -0.2) is 33.7 Å². The third-order valence-electron chi connectivity index (χ3n) is 2.31. The predicted octanol–water partition coefficient (Wildman–Crippen LogP) is -0.437. The zero-order chi connectivity index (χ0) is 14.5. The number of primary amides is 1. The van der Waals surface area contributed by atoms with E-state index in [4.69, 9.17) is 5.73 Å². The van der Waals surface area contributed by atoms with Crippen LogP contribution < -0.4 is 15.8 Å². The van der Waals surface area contributed by atoms with Gasteiger partial charge in [-0.3, -0.25) is 4.79 Å². The van der Waals surface area contributed by atoms with Gasteiger partial charge in [-0.25, -0.2) is 17.5 Å². The smallest absolute Gasteiger partial charge is 0.248 e. The van der Waals surface area contributed by atoms with Crippen LogP contribution in [0.5, 0.6) is 0 Å². The van der Waals surface area contributed by atoms with E-state index >= 15 is 0 Å². The van der Waals surface area contributed by atoms with Gasteiger partial charge in [0, 0.05) is 30.8 Å². The first-order valence-electron chi connectivity index (χ1n) is 5.53. The maximum Gasteiger partial charge on any atom is 0.248 e. The lowest BCUT2D eigenvalue weighted by atomic mass is 10.1. The molecule has 0 fully saturated rings. The molecule has 8 heteroatoms. The Kier molecular flexibility index (Phi) is 5.40. The number of rotatable bonds is 7. The van der Waals surface area contributed by atoms with Crippen molar-refractivity contribution in [1.82, 2.24) is 10.0 Å². The maximum atomic E-state index is 13.4. The van der Waals surface area contributed by atoms with Gasteiger partial charge in [0.1, 0.15) is 5.82 Å². The molecule has 1 rings (SSSR count). The number of hydrogen-bond acceptors (Lipinski definition) is 4. The summed E-state index contributed by atoms with van der Waals surface area (Å²) >= 11 is 0. The highest BCUT2D eigenvalue weighted by Crippen LogP contribution is 2.10. The molecule has 1 amide bonds. The van der Waals surface area contributed by atoms with Gasteiger partial charge in [0.05, 0.1) is 6.26 Å². The minimum absolute atomic E-state index is 0.179. The van der Waals surface area contributed by atoms with Crippen LogP contribution in [0.25, 0.3) is 0 Å². The summed E-state index contributed by atoms with van der Waals surface area (Å²) in [5.41, 5.74) is 5.63. The maximum absolute atomic E-state index is 13.4. The summed E-state index contributed by atoms with van der Waals surface area (Å²) in [6, 6.07) is 3.85. The van der Waals surface area contributed by atoms with Gasteiger partial charge in [0.2, 0.25) is 15.9 Å². The first-order chi connectivity index (χ1) is 8.79. The number of sulfonamides is 1.